The third-order valence-corrected chi connectivity index (χ3v) is 1.55. The molecule has 0 amide bonds. The van der Waals surface area contributed by atoms with Crippen LogP contribution in [0, 0.1) is 0 Å². The highest BCUT2D eigenvalue weighted by atomic mass is 16.7. The molecule has 1 atom stereocenters. The fraction of sp³-hybridized carbons (Fsp3) is 0.700. The van der Waals surface area contributed by atoms with Gasteiger partial charge in [-0.25, -0.2) is 4.79 Å². The van der Waals surface area contributed by atoms with E-state index in [4.69, 9.17) is 18.9 Å². The molecule has 0 saturated carbocycles. The van der Waals surface area contributed by atoms with E-state index in [1.54, 1.807) is 14.0 Å². The molecule has 0 aliphatic carbocycles. The Labute approximate surface area is 89.9 Å². The van der Waals surface area contributed by atoms with Gasteiger partial charge in [-0.3, -0.25) is 0 Å². The number of hydrogen-bond acceptors (Lipinski definition) is 5. The van der Waals surface area contributed by atoms with E-state index in [1.807, 2.05) is 0 Å². The summed E-state index contributed by atoms with van der Waals surface area (Å²) in [5, 5.41) is 0. The van der Waals surface area contributed by atoms with Crippen molar-refractivity contribution in [3.63, 3.8) is 0 Å². The Kier molecular flexibility index (Phi) is 7.89. The zero-order valence-corrected chi connectivity index (χ0v) is 9.45. The first-order chi connectivity index (χ1) is 7.11. The summed E-state index contributed by atoms with van der Waals surface area (Å²) in [6.07, 6.45) is -0.566. The summed E-state index contributed by atoms with van der Waals surface area (Å²) in [5.41, 5.74) is 0.349. The summed E-state index contributed by atoms with van der Waals surface area (Å²) in [5.74, 6) is -0.451. The molecular formula is C10H18O5. The van der Waals surface area contributed by atoms with E-state index < -0.39 is 12.3 Å². The van der Waals surface area contributed by atoms with Crippen LogP contribution in [0.3, 0.4) is 0 Å². The molecule has 0 aromatic heterocycles. The van der Waals surface area contributed by atoms with Crippen LogP contribution in [0.1, 0.15) is 6.92 Å². The van der Waals surface area contributed by atoms with Crippen molar-refractivity contribution in [1.29, 1.82) is 0 Å². The lowest BCUT2D eigenvalue weighted by molar-refractivity contribution is -0.173. The van der Waals surface area contributed by atoms with Gasteiger partial charge >= 0.3 is 5.97 Å². The van der Waals surface area contributed by atoms with E-state index in [0.717, 1.165) is 0 Å². The average molecular weight is 218 g/mol. The lowest BCUT2D eigenvalue weighted by Crippen LogP contribution is -2.25. The van der Waals surface area contributed by atoms with Crippen LogP contribution in [0.15, 0.2) is 12.2 Å². The van der Waals surface area contributed by atoms with Crippen LogP contribution in [0.4, 0.5) is 0 Å². The van der Waals surface area contributed by atoms with Crippen molar-refractivity contribution < 1.29 is 23.7 Å². The van der Waals surface area contributed by atoms with Crippen LogP contribution in [-0.2, 0) is 23.7 Å². The number of carbonyl (C=O) groups is 1. The minimum atomic E-state index is -0.566. The number of esters is 1. The van der Waals surface area contributed by atoms with Crippen LogP contribution in [0.2, 0.25) is 0 Å². The molecule has 0 aromatic rings. The number of hydrogen-bond donors (Lipinski definition) is 0. The maximum atomic E-state index is 11.0. The van der Waals surface area contributed by atoms with Gasteiger partial charge in [-0.2, -0.15) is 0 Å². The van der Waals surface area contributed by atoms with Crippen molar-refractivity contribution in [2.45, 2.75) is 13.2 Å². The Morgan fingerprint density at radius 2 is 2.00 bits per heavy atom. The number of ether oxygens (including phenoxy) is 4. The Hall–Kier alpha value is -0.910. The average Bonchev–Trinajstić information content (AvgIpc) is 2.22. The molecule has 0 rings (SSSR count). The topological polar surface area (TPSA) is 54.0 Å². The molecule has 0 aliphatic heterocycles. The van der Waals surface area contributed by atoms with E-state index in [-0.39, 0.29) is 6.61 Å². The van der Waals surface area contributed by atoms with Crippen LogP contribution >= 0.6 is 0 Å². The molecule has 0 saturated heterocycles. The number of rotatable bonds is 8. The molecule has 88 valence electrons. The number of methoxy groups -OCH3 is 2. The van der Waals surface area contributed by atoms with Crippen LogP contribution in [-0.4, -0.2) is 46.3 Å². The Bertz CT molecular complexity index is 202. The molecule has 0 spiro atoms. The quantitative estimate of drug-likeness (QED) is 0.260. The van der Waals surface area contributed by atoms with E-state index in [0.29, 0.717) is 18.8 Å². The van der Waals surface area contributed by atoms with E-state index in [2.05, 4.69) is 6.58 Å². The van der Waals surface area contributed by atoms with Crippen LogP contribution in [0.5, 0.6) is 0 Å². The molecule has 0 aromatic carbocycles. The normalized spacial score (nSPS) is 12.2. The molecule has 0 fully saturated rings. The summed E-state index contributed by atoms with van der Waals surface area (Å²) in [6, 6.07) is 0. The third kappa shape index (κ3) is 7.07. The first-order valence-electron chi connectivity index (χ1n) is 4.57. The standard InChI is InChI=1S/C10H18O5/c1-8(2)10(11)15-7-9(13-4)14-6-5-12-3/h9H,1,5-7H2,2-4H3. The minimum Gasteiger partial charge on any atom is -0.457 e. The van der Waals surface area contributed by atoms with Crippen molar-refractivity contribution in [2.75, 3.05) is 34.0 Å². The summed E-state index contributed by atoms with van der Waals surface area (Å²) in [4.78, 5) is 11.0. The molecule has 0 bridgehead atoms. The van der Waals surface area contributed by atoms with Crippen molar-refractivity contribution in [3.8, 4) is 0 Å². The summed E-state index contributed by atoms with van der Waals surface area (Å²) in [7, 11) is 3.05. The molecule has 15 heavy (non-hydrogen) atoms. The largest absolute Gasteiger partial charge is 0.457 e. The van der Waals surface area contributed by atoms with Crippen molar-refractivity contribution in [3.05, 3.63) is 12.2 Å². The maximum absolute atomic E-state index is 11.0. The van der Waals surface area contributed by atoms with Crippen molar-refractivity contribution in [1.82, 2.24) is 0 Å². The fourth-order valence-corrected chi connectivity index (χ4v) is 0.714. The van der Waals surface area contributed by atoms with E-state index in [9.17, 15) is 4.79 Å². The van der Waals surface area contributed by atoms with Gasteiger partial charge < -0.3 is 18.9 Å². The smallest absolute Gasteiger partial charge is 0.333 e. The zero-order valence-electron chi connectivity index (χ0n) is 9.45. The summed E-state index contributed by atoms with van der Waals surface area (Å²) in [6.45, 7) is 5.94. The molecule has 0 N–H and O–H groups in total. The second-order valence-electron chi connectivity index (χ2n) is 2.91. The highest BCUT2D eigenvalue weighted by Gasteiger charge is 2.11. The zero-order chi connectivity index (χ0) is 11.7. The van der Waals surface area contributed by atoms with Crippen molar-refractivity contribution in [2.24, 2.45) is 0 Å². The van der Waals surface area contributed by atoms with Gasteiger partial charge in [-0.05, 0) is 6.92 Å². The first kappa shape index (κ1) is 14.1. The fourth-order valence-electron chi connectivity index (χ4n) is 0.714. The third-order valence-electron chi connectivity index (χ3n) is 1.55. The number of carbonyl (C=O) groups excluding carboxylic acids is 1. The van der Waals surface area contributed by atoms with Gasteiger partial charge in [-0.1, -0.05) is 6.58 Å². The molecule has 5 nitrogen and oxygen atoms in total. The summed E-state index contributed by atoms with van der Waals surface area (Å²) < 4.78 is 19.8. The van der Waals surface area contributed by atoms with Gasteiger partial charge in [0.15, 0.2) is 6.29 Å². The Balaban J connectivity index is 3.69. The predicted molar refractivity (Wildman–Crippen MR) is 54.4 cm³/mol. The maximum Gasteiger partial charge on any atom is 0.333 e. The first-order valence-corrected chi connectivity index (χ1v) is 4.57. The van der Waals surface area contributed by atoms with Gasteiger partial charge in [0.1, 0.15) is 6.61 Å². The monoisotopic (exact) mass is 218 g/mol. The minimum absolute atomic E-state index is 0.0475. The highest BCUT2D eigenvalue weighted by molar-refractivity contribution is 5.86. The van der Waals surface area contributed by atoms with Gasteiger partial charge in [0.05, 0.1) is 13.2 Å². The van der Waals surface area contributed by atoms with Crippen molar-refractivity contribution >= 4 is 5.97 Å². The molecule has 0 heterocycles. The second-order valence-corrected chi connectivity index (χ2v) is 2.91. The molecule has 0 aliphatic rings. The van der Waals surface area contributed by atoms with E-state index >= 15 is 0 Å². The lowest BCUT2D eigenvalue weighted by Gasteiger charge is -2.15. The van der Waals surface area contributed by atoms with Gasteiger partial charge in [0, 0.05) is 19.8 Å². The molecular weight excluding hydrogens is 200 g/mol. The van der Waals surface area contributed by atoms with Crippen LogP contribution < -0.4 is 0 Å². The van der Waals surface area contributed by atoms with Gasteiger partial charge in [-0.15, -0.1) is 0 Å². The molecule has 1 unspecified atom stereocenters. The van der Waals surface area contributed by atoms with Gasteiger partial charge in [0.25, 0.3) is 0 Å². The summed E-state index contributed by atoms with van der Waals surface area (Å²) >= 11 is 0. The second kappa shape index (κ2) is 8.40. The Morgan fingerprint density at radius 1 is 1.33 bits per heavy atom. The molecule has 0 radical (unpaired) electrons. The SMILES string of the molecule is C=C(C)C(=O)OCC(OC)OCCOC. The highest BCUT2D eigenvalue weighted by Crippen LogP contribution is 1.98. The lowest BCUT2D eigenvalue weighted by atomic mass is 10.4. The van der Waals surface area contributed by atoms with E-state index in [1.165, 1.54) is 7.11 Å². The van der Waals surface area contributed by atoms with Gasteiger partial charge in [0.2, 0.25) is 0 Å². The molecule has 5 heteroatoms. The predicted octanol–water partition coefficient (Wildman–Crippen LogP) is 0.741. The van der Waals surface area contributed by atoms with Crippen LogP contribution in [0.25, 0.3) is 0 Å². The Morgan fingerprint density at radius 3 is 2.47 bits per heavy atom.